The van der Waals surface area contributed by atoms with Crippen LogP contribution in [0.2, 0.25) is 5.02 Å². The molecule has 1 aliphatic rings. The molecule has 2 aromatic carbocycles. The monoisotopic (exact) mass is 381 g/mol. The minimum Gasteiger partial charge on any atom is -0.490 e. The maximum Gasteiger partial charge on any atom is 0.261 e. The lowest BCUT2D eigenvalue weighted by atomic mass is 10.1. The average molecular weight is 382 g/mol. The highest BCUT2D eigenvalue weighted by atomic mass is 35.5. The van der Waals surface area contributed by atoms with E-state index >= 15 is 0 Å². The lowest BCUT2D eigenvalue weighted by molar-refractivity contribution is 0.297. The van der Waals surface area contributed by atoms with Crippen molar-refractivity contribution >= 4 is 27.3 Å². The van der Waals surface area contributed by atoms with Gasteiger partial charge in [0.2, 0.25) is 0 Å². The van der Waals surface area contributed by atoms with Crippen LogP contribution in [0.4, 0.5) is 5.69 Å². The molecule has 0 radical (unpaired) electrons. The van der Waals surface area contributed by atoms with Crippen LogP contribution in [0.1, 0.15) is 25.3 Å². The summed E-state index contributed by atoms with van der Waals surface area (Å²) in [6, 6.07) is 9.99. The lowest BCUT2D eigenvalue weighted by Crippen LogP contribution is -2.13. The summed E-state index contributed by atoms with van der Waals surface area (Å²) < 4.78 is 38.9. The van der Waals surface area contributed by atoms with E-state index in [1.807, 2.05) is 12.1 Å². The molecule has 0 unspecified atom stereocenters. The van der Waals surface area contributed by atoms with E-state index in [0.29, 0.717) is 24.7 Å². The van der Waals surface area contributed by atoms with E-state index in [0.717, 1.165) is 24.8 Å². The summed E-state index contributed by atoms with van der Waals surface area (Å²) in [6.45, 7) is 3.14. The van der Waals surface area contributed by atoms with Gasteiger partial charge in [0.15, 0.2) is 11.5 Å². The standard InChI is InChI=1S/C18H20ClNO4S/c1-2-4-13-5-7-14(8-6-13)25(21,22)20-16-12-18-17(11-15(16)19)23-9-3-10-24-18/h5-8,11-12,20H,2-4,9-10H2,1H3. The van der Waals surface area contributed by atoms with Crippen molar-refractivity contribution in [2.24, 2.45) is 0 Å². The summed E-state index contributed by atoms with van der Waals surface area (Å²) in [5.74, 6) is 1.01. The summed E-state index contributed by atoms with van der Waals surface area (Å²) in [6.07, 6.45) is 2.69. The molecule has 134 valence electrons. The second kappa shape index (κ2) is 7.54. The SMILES string of the molecule is CCCc1ccc(S(=O)(=O)Nc2cc3c(cc2Cl)OCCCO3)cc1. The quantitative estimate of drug-likeness (QED) is 0.840. The predicted octanol–water partition coefficient (Wildman–Crippen LogP) is 4.25. The first-order valence-electron chi connectivity index (χ1n) is 8.20. The number of halogens is 1. The van der Waals surface area contributed by atoms with E-state index in [2.05, 4.69) is 11.6 Å². The Hall–Kier alpha value is -1.92. The van der Waals surface area contributed by atoms with Gasteiger partial charge in [-0.1, -0.05) is 37.1 Å². The maximum atomic E-state index is 12.6. The van der Waals surface area contributed by atoms with Crippen molar-refractivity contribution in [3.05, 3.63) is 47.0 Å². The third-order valence-electron chi connectivity index (χ3n) is 3.85. The number of fused-ring (bicyclic) bond motifs is 1. The minimum atomic E-state index is -3.73. The smallest absolute Gasteiger partial charge is 0.261 e. The fraction of sp³-hybridized carbons (Fsp3) is 0.333. The van der Waals surface area contributed by atoms with Crippen molar-refractivity contribution in [1.82, 2.24) is 0 Å². The van der Waals surface area contributed by atoms with Gasteiger partial charge >= 0.3 is 0 Å². The maximum absolute atomic E-state index is 12.6. The van der Waals surface area contributed by atoms with Gasteiger partial charge < -0.3 is 9.47 Å². The van der Waals surface area contributed by atoms with Gasteiger partial charge in [0, 0.05) is 18.6 Å². The van der Waals surface area contributed by atoms with Crippen LogP contribution in [0, 0.1) is 0 Å². The fourth-order valence-electron chi connectivity index (χ4n) is 2.59. The molecule has 0 atom stereocenters. The molecule has 5 nitrogen and oxygen atoms in total. The topological polar surface area (TPSA) is 64.6 Å². The largest absolute Gasteiger partial charge is 0.490 e. The van der Waals surface area contributed by atoms with Crippen LogP contribution in [-0.4, -0.2) is 21.6 Å². The number of hydrogen-bond acceptors (Lipinski definition) is 4. The van der Waals surface area contributed by atoms with Gasteiger partial charge in [0.05, 0.1) is 28.8 Å². The van der Waals surface area contributed by atoms with Gasteiger partial charge in [-0.05, 0) is 24.1 Å². The Morgan fingerprint density at radius 3 is 2.36 bits per heavy atom. The Kier molecular flexibility index (Phi) is 5.39. The molecule has 0 fully saturated rings. The second-order valence-corrected chi connectivity index (χ2v) is 7.92. The summed E-state index contributed by atoms with van der Waals surface area (Å²) in [5.41, 5.74) is 1.37. The van der Waals surface area contributed by atoms with Crippen LogP contribution in [0.25, 0.3) is 0 Å². The van der Waals surface area contributed by atoms with Gasteiger partial charge in [-0.3, -0.25) is 4.72 Å². The third-order valence-corrected chi connectivity index (χ3v) is 5.55. The zero-order valence-corrected chi connectivity index (χ0v) is 15.5. The number of ether oxygens (including phenoxy) is 2. The molecular weight excluding hydrogens is 362 g/mol. The summed E-state index contributed by atoms with van der Waals surface area (Å²) in [4.78, 5) is 0.190. The molecule has 0 aliphatic carbocycles. The van der Waals surface area contributed by atoms with Gasteiger partial charge in [-0.2, -0.15) is 0 Å². The van der Waals surface area contributed by atoms with Gasteiger partial charge in [-0.15, -0.1) is 0 Å². The highest BCUT2D eigenvalue weighted by Gasteiger charge is 2.19. The summed E-state index contributed by atoms with van der Waals surface area (Å²) in [5, 5.41) is 0.260. The second-order valence-electron chi connectivity index (χ2n) is 5.83. The Balaban J connectivity index is 1.86. The van der Waals surface area contributed by atoms with E-state index in [4.69, 9.17) is 21.1 Å². The molecule has 0 aromatic heterocycles. The van der Waals surface area contributed by atoms with Crippen molar-refractivity contribution in [3.63, 3.8) is 0 Å². The normalized spacial score (nSPS) is 14.0. The fourth-order valence-corrected chi connectivity index (χ4v) is 3.92. The zero-order valence-electron chi connectivity index (χ0n) is 13.9. The Morgan fingerprint density at radius 2 is 1.72 bits per heavy atom. The van der Waals surface area contributed by atoms with E-state index in [1.165, 1.54) is 0 Å². The molecule has 0 saturated carbocycles. The number of rotatable bonds is 5. The molecule has 7 heteroatoms. The van der Waals surface area contributed by atoms with Crippen molar-refractivity contribution in [2.75, 3.05) is 17.9 Å². The number of aryl methyl sites for hydroxylation is 1. The third kappa shape index (κ3) is 4.19. The van der Waals surface area contributed by atoms with Crippen LogP contribution in [0.15, 0.2) is 41.3 Å². The minimum absolute atomic E-state index is 0.190. The highest BCUT2D eigenvalue weighted by molar-refractivity contribution is 7.92. The molecule has 1 heterocycles. The van der Waals surface area contributed by atoms with Gasteiger partial charge in [0.25, 0.3) is 10.0 Å². The molecule has 0 amide bonds. The predicted molar refractivity (Wildman–Crippen MR) is 98.3 cm³/mol. The van der Waals surface area contributed by atoms with E-state index in [1.54, 1.807) is 24.3 Å². The van der Waals surface area contributed by atoms with Crippen molar-refractivity contribution in [3.8, 4) is 11.5 Å². The molecular formula is C18H20ClNO4S. The number of anilines is 1. The Bertz CT molecular complexity index is 850. The van der Waals surface area contributed by atoms with Crippen LogP contribution in [-0.2, 0) is 16.4 Å². The molecule has 1 N–H and O–H groups in total. The molecule has 25 heavy (non-hydrogen) atoms. The average Bonchev–Trinajstić information content (AvgIpc) is 2.81. The van der Waals surface area contributed by atoms with E-state index in [9.17, 15) is 8.42 Å². The molecule has 0 spiro atoms. The molecule has 2 aromatic rings. The molecule has 3 rings (SSSR count). The molecule has 0 bridgehead atoms. The van der Waals surface area contributed by atoms with E-state index in [-0.39, 0.29) is 15.6 Å². The number of hydrogen-bond donors (Lipinski definition) is 1. The molecule has 1 aliphatic heterocycles. The molecule has 0 saturated heterocycles. The number of benzene rings is 2. The van der Waals surface area contributed by atoms with Gasteiger partial charge in [0.1, 0.15) is 0 Å². The van der Waals surface area contributed by atoms with Crippen molar-refractivity contribution < 1.29 is 17.9 Å². The van der Waals surface area contributed by atoms with Crippen molar-refractivity contribution in [1.29, 1.82) is 0 Å². The lowest BCUT2D eigenvalue weighted by Gasteiger charge is -2.14. The Labute approximate surface area is 153 Å². The zero-order chi connectivity index (χ0) is 17.9. The van der Waals surface area contributed by atoms with Crippen molar-refractivity contribution in [2.45, 2.75) is 31.1 Å². The summed E-state index contributed by atoms with van der Waals surface area (Å²) in [7, 11) is -3.73. The number of nitrogens with one attached hydrogen (secondary N) is 1. The first-order valence-corrected chi connectivity index (χ1v) is 10.1. The Morgan fingerprint density at radius 1 is 1.08 bits per heavy atom. The first kappa shape index (κ1) is 17.9. The van der Waals surface area contributed by atoms with Crippen LogP contribution in [0.3, 0.4) is 0 Å². The van der Waals surface area contributed by atoms with Gasteiger partial charge in [-0.25, -0.2) is 8.42 Å². The number of sulfonamides is 1. The highest BCUT2D eigenvalue weighted by Crippen LogP contribution is 2.38. The van der Waals surface area contributed by atoms with Crippen LogP contribution >= 0.6 is 11.6 Å². The van der Waals surface area contributed by atoms with E-state index < -0.39 is 10.0 Å². The first-order chi connectivity index (χ1) is 12.0. The van der Waals surface area contributed by atoms with Crippen LogP contribution in [0.5, 0.6) is 11.5 Å². The van der Waals surface area contributed by atoms with Crippen LogP contribution < -0.4 is 14.2 Å². The summed E-state index contributed by atoms with van der Waals surface area (Å²) >= 11 is 6.21.